The second-order valence-electron chi connectivity index (χ2n) is 10.1. The van der Waals surface area contributed by atoms with Crippen LogP contribution in [-0.2, 0) is 20.9 Å². The van der Waals surface area contributed by atoms with Gasteiger partial charge in [0.1, 0.15) is 5.82 Å². The highest BCUT2D eigenvalue weighted by atomic mass is 16.5. The van der Waals surface area contributed by atoms with Crippen LogP contribution in [-0.4, -0.2) is 49.0 Å². The number of pyridine rings is 1. The van der Waals surface area contributed by atoms with E-state index in [1.54, 1.807) is 14.2 Å². The van der Waals surface area contributed by atoms with E-state index >= 15 is 0 Å². The zero-order chi connectivity index (χ0) is 25.4. The largest absolute Gasteiger partial charge is 0.481 e. The summed E-state index contributed by atoms with van der Waals surface area (Å²) in [6.45, 7) is 7.93. The van der Waals surface area contributed by atoms with E-state index in [1.807, 2.05) is 25.3 Å². The van der Waals surface area contributed by atoms with Gasteiger partial charge in [-0.2, -0.15) is 0 Å². The lowest BCUT2D eigenvalue weighted by Gasteiger charge is -2.40. The number of nitrogens with one attached hydrogen (secondary N) is 1. The number of carbonyl (C=O) groups is 1. The summed E-state index contributed by atoms with van der Waals surface area (Å²) in [4.78, 5) is 18.5. The second kappa shape index (κ2) is 12.9. The quantitative estimate of drug-likeness (QED) is 0.385. The standard InChI is InChI=1S/C28H41N3O4/c1-19(2)17-31(23-8-10-24(35-5)11-9-23)26-12-7-22(20(3)14-28(32)33)15-25(26)30-27-13-6-21(16-29-27)18-34-4/h6-7,12-13,15-16,19-20,23-24H,8-11,14,17-18H2,1-5H3,(H,29,30)(H,32,33)/t20-,23-,24+/m1/s1. The smallest absolute Gasteiger partial charge is 0.303 e. The van der Waals surface area contributed by atoms with Crippen molar-refractivity contribution < 1.29 is 19.4 Å². The zero-order valence-corrected chi connectivity index (χ0v) is 21.8. The van der Waals surface area contributed by atoms with Crippen LogP contribution in [0.25, 0.3) is 0 Å². The van der Waals surface area contributed by atoms with E-state index in [4.69, 9.17) is 9.47 Å². The number of benzene rings is 1. The SMILES string of the molecule is COCc1ccc(Nc2cc([C@H](C)CC(=O)O)ccc2N(CC(C)C)[C@H]2CC[C@@H](OC)CC2)nc1. The van der Waals surface area contributed by atoms with Gasteiger partial charge < -0.3 is 24.8 Å². The number of anilines is 3. The number of carboxylic acid groups (broad SMARTS) is 1. The fourth-order valence-corrected chi connectivity index (χ4v) is 4.91. The van der Waals surface area contributed by atoms with Crippen LogP contribution in [0.1, 0.15) is 69.9 Å². The molecule has 1 aliphatic carbocycles. The molecule has 0 spiro atoms. The van der Waals surface area contributed by atoms with Gasteiger partial charge in [-0.25, -0.2) is 4.98 Å². The Morgan fingerprint density at radius 3 is 2.46 bits per heavy atom. The van der Waals surface area contributed by atoms with Gasteiger partial charge in [0.25, 0.3) is 0 Å². The molecular formula is C28H41N3O4. The molecular weight excluding hydrogens is 442 g/mol. The summed E-state index contributed by atoms with van der Waals surface area (Å²) < 4.78 is 10.8. The van der Waals surface area contributed by atoms with Crippen molar-refractivity contribution in [3.8, 4) is 0 Å². The topological polar surface area (TPSA) is 83.9 Å². The van der Waals surface area contributed by atoms with Gasteiger partial charge in [-0.05, 0) is 66.8 Å². The molecule has 1 atom stereocenters. The van der Waals surface area contributed by atoms with Crippen molar-refractivity contribution in [1.82, 2.24) is 4.98 Å². The molecule has 192 valence electrons. The molecule has 1 aliphatic rings. The van der Waals surface area contributed by atoms with Crippen molar-refractivity contribution in [2.75, 3.05) is 31.0 Å². The highest BCUT2D eigenvalue weighted by Gasteiger charge is 2.28. The molecule has 35 heavy (non-hydrogen) atoms. The van der Waals surface area contributed by atoms with Crippen LogP contribution in [0.4, 0.5) is 17.2 Å². The summed E-state index contributed by atoms with van der Waals surface area (Å²) in [6.07, 6.45) is 6.57. The molecule has 7 nitrogen and oxygen atoms in total. The van der Waals surface area contributed by atoms with Crippen molar-refractivity contribution >= 4 is 23.2 Å². The molecule has 0 bridgehead atoms. The summed E-state index contributed by atoms with van der Waals surface area (Å²) >= 11 is 0. The summed E-state index contributed by atoms with van der Waals surface area (Å²) in [5.41, 5.74) is 4.11. The minimum absolute atomic E-state index is 0.0881. The molecule has 1 fully saturated rings. The third-order valence-corrected chi connectivity index (χ3v) is 6.76. The van der Waals surface area contributed by atoms with E-state index in [-0.39, 0.29) is 12.3 Å². The zero-order valence-electron chi connectivity index (χ0n) is 21.8. The van der Waals surface area contributed by atoms with E-state index < -0.39 is 5.97 Å². The Bertz CT molecular complexity index is 940. The predicted molar refractivity (Wildman–Crippen MR) is 141 cm³/mol. The van der Waals surface area contributed by atoms with Gasteiger partial charge in [0.15, 0.2) is 0 Å². The summed E-state index contributed by atoms with van der Waals surface area (Å²) in [5.74, 6) is 0.374. The molecule has 1 saturated carbocycles. The van der Waals surface area contributed by atoms with Gasteiger partial charge in [0.2, 0.25) is 0 Å². The van der Waals surface area contributed by atoms with Gasteiger partial charge in [0, 0.05) is 33.0 Å². The highest BCUT2D eigenvalue weighted by molar-refractivity contribution is 5.76. The van der Waals surface area contributed by atoms with E-state index in [0.717, 1.165) is 60.5 Å². The van der Waals surface area contributed by atoms with Crippen LogP contribution in [0.5, 0.6) is 0 Å². The lowest BCUT2D eigenvalue weighted by atomic mass is 9.90. The Labute approximate surface area is 209 Å². The number of rotatable bonds is 12. The fraction of sp³-hybridized carbons (Fsp3) is 0.571. The van der Waals surface area contributed by atoms with Crippen LogP contribution in [0.15, 0.2) is 36.5 Å². The van der Waals surface area contributed by atoms with Crippen LogP contribution in [0.2, 0.25) is 0 Å². The molecule has 0 unspecified atom stereocenters. The maximum Gasteiger partial charge on any atom is 0.303 e. The number of carboxylic acids is 1. The molecule has 1 aromatic carbocycles. The predicted octanol–water partition coefficient (Wildman–Crippen LogP) is 5.97. The second-order valence-corrected chi connectivity index (χ2v) is 10.1. The van der Waals surface area contributed by atoms with Gasteiger partial charge in [-0.1, -0.05) is 32.9 Å². The first kappa shape index (κ1) is 27.0. The first-order valence-electron chi connectivity index (χ1n) is 12.7. The molecule has 2 N–H and O–H groups in total. The highest BCUT2D eigenvalue weighted by Crippen LogP contribution is 2.37. The van der Waals surface area contributed by atoms with Crippen molar-refractivity contribution in [2.45, 2.75) is 77.5 Å². The average molecular weight is 484 g/mol. The molecule has 0 saturated heterocycles. The van der Waals surface area contributed by atoms with Crippen molar-refractivity contribution in [2.24, 2.45) is 5.92 Å². The van der Waals surface area contributed by atoms with Crippen LogP contribution in [0.3, 0.4) is 0 Å². The van der Waals surface area contributed by atoms with E-state index in [0.29, 0.717) is 24.7 Å². The van der Waals surface area contributed by atoms with E-state index in [2.05, 4.69) is 47.2 Å². The first-order chi connectivity index (χ1) is 16.8. The molecule has 7 heteroatoms. The van der Waals surface area contributed by atoms with Crippen LogP contribution >= 0.6 is 0 Å². The Balaban J connectivity index is 1.96. The molecule has 0 amide bonds. The number of hydrogen-bond acceptors (Lipinski definition) is 6. The monoisotopic (exact) mass is 483 g/mol. The average Bonchev–Trinajstić information content (AvgIpc) is 2.83. The number of hydrogen-bond donors (Lipinski definition) is 2. The molecule has 1 heterocycles. The molecule has 0 aliphatic heterocycles. The lowest BCUT2D eigenvalue weighted by molar-refractivity contribution is -0.137. The van der Waals surface area contributed by atoms with Crippen molar-refractivity contribution in [1.29, 1.82) is 0 Å². The maximum absolute atomic E-state index is 11.3. The van der Waals surface area contributed by atoms with Gasteiger partial charge in [-0.15, -0.1) is 0 Å². The fourth-order valence-electron chi connectivity index (χ4n) is 4.91. The summed E-state index contributed by atoms with van der Waals surface area (Å²) in [7, 11) is 3.48. The summed E-state index contributed by atoms with van der Waals surface area (Å²) in [5, 5.41) is 12.9. The molecule has 2 aromatic rings. The number of nitrogens with zero attached hydrogens (tertiary/aromatic N) is 2. The molecule has 1 aromatic heterocycles. The Morgan fingerprint density at radius 2 is 1.89 bits per heavy atom. The molecule has 0 radical (unpaired) electrons. The lowest BCUT2D eigenvalue weighted by Crippen LogP contribution is -2.41. The van der Waals surface area contributed by atoms with Crippen LogP contribution in [0, 0.1) is 5.92 Å². The summed E-state index contributed by atoms with van der Waals surface area (Å²) in [6, 6.07) is 10.7. The maximum atomic E-state index is 11.3. The van der Waals surface area contributed by atoms with E-state index in [9.17, 15) is 9.90 Å². The minimum atomic E-state index is -0.789. The van der Waals surface area contributed by atoms with Gasteiger partial charge in [-0.3, -0.25) is 4.79 Å². The Hall–Kier alpha value is -2.64. The molecule has 3 rings (SSSR count). The van der Waals surface area contributed by atoms with Crippen molar-refractivity contribution in [3.63, 3.8) is 0 Å². The Morgan fingerprint density at radius 1 is 1.14 bits per heavy atom. The third kappa shape index (κ3) is 7.67. The number of aromatic nitrogens is 1. The van der Waals surface area contributed by atoms with Crippen LogP contribution < -0.4 is 10.2 Å². The minimum Gasteiger partial charge on any atom is -0.481 e. The number of ether oxygens (including phenoxy) is 2. The van der Waals surface area contributed by atoms with Crippen molar-refractivity contribution in [3.05, 3.63) is 47.7 Å². The van der Waals surface area contributed by atoms with E-state index in [1.165, 1.54) is 0 Å². The first-order valence-corrected chi connectivity index (χ1v) is 12.7. The normalized spacial score (nSPS) is 18.9. The van der Waals surface area contributed by atoms with Gasteiger partial charge >= 0.3 is 5.97 Å². The third-order valence-electron chi connectivity index (χ3n) is 6.76. The Kier molecular flexibility index (Phi) is 9.93. The van der Waals surface area contributed by atoms with Gasteiger partial charge in [0.05, 0.1) is 30.5 Å². The number of aliphatic carboxylic acids is 1. The number of methoxy groups -OCH3 is 2.